The van der Waals surface area contributed by atoms with Crippen molar-refractivity contribution in [2.45, 2.75) is 12.3 Å². The minimum Gasteiger partial charge on any atom is -0.118 e. The van der Waals surface area contributed by atoms with Gasteiger partial charge in [-0.25, -0.2) is 0 Å². The molecular weight excluding hydrogens is 167 g/mol. The third kappa shape index (κ3) is 1.89. The molecule has 0 bridgehead atoms. The fourth-order valence-electron chi connectivity index (χ4n) is 0.754. The lowest BCUT2D eigenvalue weighted by Crippen LogP contribution is -1.81. The topological polar surface area (TPSA) is 0 Å². The molecule has 0 aliphatic heterocycles. The summed E-state index contributed by atoms with van der Waals surface area (Å²) in [4.78, 5) is 0. The Morgan fingerprint density at radius 1 is 1.40 bits per heavy atom. The van der Waals surface area contributed by atoms with Crippen LogP contribution in [-0.4, -0.2) is 0 Å². The van der Waals surface area contributed by atoms with Crippen LogP contribution < -0.4 is 0 Å². The number of alkyl halides is 1. The first-order valence-electron chi connectivity index (χ1n) is 3.09. The second kappa shape index (κ2) is 3.27. The molecule has 0 saturated carbocycles. The Hall–Kier alpha value is -0.200. The molecule has 0 aliphatic rings. The van der Waals surface area contributed by atoms with Crippen molar-refractivity contribution < 1.29 is 0 Å². The van der Waals surface area contributed by atoms with Crippen molar-refractivity contribution in [3.63, 3.8) is 0 Å². The van der Waals surface area contributed by atoms with Crippen molar-refractivity contribution in [1.29, 1.82) is 0 Å². The molecule has 0 aliphatic carbocycles. The Morgan fingerprint density at radius 3 is 2.50 bits per heavy atom. The van der Waals surface area contributed by atoms with Gasteiger partial charge in [0.2, 0.25) is 0 Å². The van der Waals surface area contributed by atoms with Crippen molar-refractivity contribution in [3.05, 3.63) is 34.9 Å². The van der Waals surface area contributed by atoms with Gasteiger partial charge in [0, 0.05) is 5.02 Å². The van der Waals surface area contributed by atoms with Crippen LogP contribution in [0.3, 0.4) is 0 Å². The summed E-state index contributed by atoms with van der Waals surface area (Å²) in [5, 5.41) is 0.781. The van der Waals surface area contributed by atoms with Gasteiger partial charge in [0.25, 0.3) is 0 Å². The molecule has 10 heavy (non-hydrogen) atoms. The van der Waals surface area contributed by atoms with Crippen molar-refractivity contribution in [2.75, 3.05) is 0 Å². The Bertz CT molecular complexity index is 218. The standard InChI is InChI=1S/C8H8Cl2/c1-6(9)7-3-2-4-8(10)5-7/h2-6H,1H3/t6-/m1/s1. The lowest BCUT2D eigenvalue weighted by molar-refractivity contribution is 1.08. The number of halogens is 2. The molecule has 2 heteroatoms. The third-order valence-electron chi connectivity index (χ3n) is 1.31. The molecule has 1 aromatic rings. The zero-order valence-electron chi connectivity index (χ0n) is 5.64. The number of hydrogen-bond donors (Lipinski definition) is 0. The van der Waals surface area contributed by atoms with Gasteiger partial charge in [-0.2, -0.15) is 0 Å². The van der Waals surface area contributed by atoms with Crippen LogP contribution in [0.25, 0.3) is 0 Å². The summed E-state index contributed by atoms with van der Waals surface area (Å²) in [7, 11) is 0. The average molecular weight is 175 g/mol. The molecule has 0 saturated heterocycles. The monoisotopic (exact) mass is 174 g/mol. The second-order valence-electron chi connectivity index (χ2n) is 2.17. The van der Waals surface area contributed by atoms with E-state index in [-0.39, 0.29) is 5.38 Å². The molecule has 0 nitrogen and oxygen atoms in total. The van der Waals surface area contributed by atoms with Crippen molar-refractivity contribution in [3.8, 4) is 0 Å². The summed E-state index contributed by atoms with van der Waals surface area (Å²) < 4.78 is 0. The predicted molar refractivity (Wildman–Crippen MR) is 45.7 cm³/mol. The Labute approximate surface area is 70.8 Å². The van der Waals surface area contributed by atoms with Crippen LogP contribution in [0.2, 0.25) is 5.02 Å². The van der Waals surface area contributed by atoms with Crippen LogP contribution in [0, 0.1) is 0 Å². The molecule has 1 rings (SSSR count). The van der Waals surface area contributed by atoms with Gasteiger partial charge in [-0.15, -0.1) is 11.6 Å². The van der Waals surface area contributed by atoms with E-state index in [1.165, 1.54) is 0 Å². The van der Waals surface area contributed by atoms with Crippen molar-refractivity contribution in [2.24, 2.45) is 0 Å². The van der Waals surface area contributed by atoms with Crippen LogP contribution in [-0.2, 0) is 0 Å². The lowest BCUT2D eigenvalue weighted by Gasteiger charge is -2.01. The van der Waals surface area contributed by atoms with Crippen LogP contribution in [0.5, 0.6) is 0 Å². The Kier molecular flexibility index (Phi) is 2.58. The van der Waals surface area contributed by atoms with E-state index in [4.69, 9.17) is 23.2 Å². The van der Waals surface area contributed by atoms with E-state index >= 15 is 0 Å². The molecule has 0 fully saturated rings. The molecule has 54 valence electrons. The summed E-state index contributed by atoms with van der Waals surface area (Å²) in [5.74, 6) is 0. The van der Waals surface area contributed by atoms with E-state index < -0.39 is 0 Å². The van der Waals surface area contributed by atoms with Gasteiger partial charge in [-0.1, -0.05) is 23.7 Å². The first kappa shape index (κ1) is 7.90. The van der Waals surface area contributed by atoms with Crippen LogP contribution in [0.4, 0.5) is 0 Å². The van der Waals surface area contributed by atoms with E-state index in [0.29, 0.717) is 0 Å². The van der Waals surface area contributed by atoms with Gasteiger partial charge in [-0.05, 0) is 24.6 Å². The quantitative estimate of drug-likeness (QED) is 0.571. The second-order valence-corrected chi connectivity index (χ2v) is 3.26. The van der Waals surface area contributed by atoms with E-state index in [2.05, 4.69) is 0 Å². The maximum atomic E-state index is 5.82. The molecule has 0 radical (unpaired) electrons. The van der Waals surface area contributed by atoms with Gasteiger partial charge in [0.1, 0.15) is 0 Å². The van der Waals surface area contributed by atoms with E-state index in [1.54, 1.807) is 0 Å². The highest BCUT2D eigenvalue weighted by Crippen LogP contribution is 2.21. The summed E-state index contributed by atoms with van der Waals surface area (Å²) in [5.41, 5.74) is 1.06. The highest BCUT2D eigenvalue weighted by molar-refractivity contribution is 6.30. The summed E-state index contributed by atoms with van der Waals surface area (Å²) in [6.07, 6.45) is 0. The van der Waals surface area contributed by atoms with Crippen LogP contribution in [0.15, 0.2) is 24.3 Å². The van der Waals surface area contributed by atoms with Gasteiger partial charge in [-0.3, -0.25) is 0 Å². The van der Waals surface area contributed by atoms with Crippen LogP contribution >= 0.6 is 23.2 Å². The molecule has 0 N–H and O–H groups in total. The number of benzene rings is 1. The third-order valence-corrected chi connectivity index (χ3v) is 1.80. The van der Waals surface area contributed by atoms with E-state index in [0.717, 1.165) is 10.6 Å². The lowest BCUT2D eigenvalue weighted by atomic mass is 10.2. The smallest absolute Gasteiger partial charge is 0.0557 e. The summed E-state index contributed by atoms with van der Waals surface area (Å²) in [6, 6.07) is 7.57. The SMILES string of the molecule is C[C@@H](Cl)c1cccc(Cl)c1. The Morgan fingerprint density at radius 2 is 2.10 bits per heavy atom. The Balaban J connectivity index is 2.96. The normalized spacial score (nSPS) is 13.1. The minimum atomic E-state index is 0.0405. The summed E-state index contributed by atoms with van der Waals surface area (Å²) in [6.45, 7) is 1.92. The molecule has 0 aromatic heterocycles. The van der Waals surface area contributed by atoms with Gasteiger partial charge < -0.3 is 0 Å². The maximum Gasteiger partial charge on any atom is 0.0557 e. The fraction of sp³-hybridized carbons (Fsp3) is 0.250. The minimum absolute atomic E-state index is 0.0405. The molecule has 0 spiro atoms. The first-order chi connectivity index (χ1) is 4.70. The molecular formula is C8H8Cl2. The molecule has 1 atom stereocenters. The van der Waals surface area contributed by atoms with Gasteiger partial charge >= 0.3 is 0 Å². The molecule has 0 heterocycles. The zero-order valence-corrected chi connectivity index (χ0v) is 7.15. The number of rotatable bonds is 1. The molecule has 0 unspecified atom stereocenters. The maximum absolute atomic E-state index is 5.82. The first-order valence-corrected chi connectivity index (χ1v) is 3.91. The fourth-order valence-corrected chi connectivity index (χ4v) is 1.09. The zero-order chi connectivity index (χ0) is 7.56. The van der Waals surface area contributed by atoms with Gasteiger partial charge in [0.05, 0.1) is 5.38 Å². The van der Waals surface area contributed by atoms with Crippen LogP contribution in [0.1, 0.15) is 17.9 Å². The molecule has 1 aromatic carbocycles. The van der Waals surface area contributed by atoms with Crippen molar-refractivity contribution in [1.82, 2.24) is 0 Å². The van der Waals surface area contributed by atoms with Crippen molar-refractivity contribution >= 4 is 23.2 Å². The molecule has 0 amide bonds. The predicted octanol–water partition coefficient (Wildman–Crippen LogP) is 3.64. The average Bonchev–Trinajstić information content (AvgIpc) is 1.88. The highest BCUT2D eigenvalue weighted by atomic mass is 35.5. The number of hydrogen-bond acceptors (Lipinski definition) is 0. The van der Waals surface area contributed by atoms with E-state index in [1.807, 2.05) is 31.2 Å². The van der Waals surface area contributed by atoms with E-state index in [9.17, 15) is 0 Å². The van der Waals surface area contributed by atoms with Gasteiger partial charge in [0.15, 0.2) is 0 Å². The highest BCUT2D eigenvalue weighted by Gasteiger charge is 1.99. The largest absolute Gasteiger partial charge is 0.118 e. The summed E-state index contributed by atoms with van der Waals surface area (Å²) >= 11 is 11.5.